The van der Waals surface area contributed by atoms with E-state index in [1.807, 2.05) is 0 Å². The highest BCUT2D eigenvalue weighted by molar-refractivity contribution is 7.71. The Balaban J connectivity index is 0.000000281. The van der Waals surface area contributed by atoms with Gasteiger partial charge in [-0.2, -0.15) is 17.2 Å². The van der Waals surface area contributed by atoms with Crippen LogP contribution >= 0.6 is 39.1 Å². The number of hydrogen-bond acceptors (Lipinski definition) is 17. The van der Waals surface area contributed by atoms with E-state index in [0.717, 1.165) is 0 Å². The topological polar surface area (TPSA) is 403 Å². The fourth-order valence-electron chi connectivity index (χ4n) is 2.74. The van der Waals surface area contributed by atoms with E-state index in [1.54, 1.807) is 0 Å². The molecule has 1 fully saturated rings. The van der Waals surface area contributed by atoms with Crippen LogP contribution in [-0.2, 0) is 44.8 Å². The lowest BCUT2D eigenvalue weighted by atomic mass is 10.1. The number of anilines is 1. The number of rotatable bonds is 10. The highest BCUT2D eigenvalue weighted by atomic mass is 31.3. The van der Waals surface area contributed by atoms with Crippen LogP contribution in [0.5, 0.6) is 0 Å². The monoisotopic (exact) mass is 685 g/mol. The standard InChI is InChI=1S/C10H13N5O4.H7O16P5/c11-8-5-9(13-2-12-8)15(3-14-5)10-7(18)6(17)4(1-16)19-10;1-17(2,3)13-19(7,8)15-21(11,12)16-20(9,10)14-18(4,5)6/h2-4,6-7,10,16-18H,1H2,(H2,11,12,13);(H,7,8)(H,9,10)(H,11,12)(H2,1,2,3)(H2,4,5,6)/t4-,6-,7-,10-;/m1./s1. The van der Waals surface area contributed by atoms with Crippen molar-refractivity contribution in [1.29, 1.82) is 0 Å². The lowest BCUT2D eigenvalue weighted by Gasteiger charge is -2.18. The molecule has 3 heterocycles. The predicted molar refractivity (Wildman–Crippen MR) is 121 cm³/mol. The number of ether oxygens (including phenoxy) is 1. The van der Waals surface area contributed by atoms with Crippen LogP contribution < -0.4 is 5.73 Å². The van der Waals surface area contributed by atoms with Crippen molar-refractivity contribution in [2.45, 2.75) is 24.5 Å². The Bertz CT molecular complexity index is 1390. The van der Waals surface area contributed by atoms with Crippen molar-refractivity contribution in [3.63, 3.8) is 0 Å². The zero-order valence-corrected chi connectivity index (χ0v) is 23.3. The molecule has 2 aromatic heterocycles. The molecule has 2 unspecified atom stereocenters. The van der Waals surface area contributed by atoms with E-state index in [4.69, 9.17) is 49.8 Å². The summed E-state index contributed by atoms with van der Waals surface area (Å²) in [6, 6.07) is 0. The lowest BCUT2D eigenvalue weighted by Crippen LogP contribution is -2.33. The number of nitrogens with zero attached hydrogens (tertiary/aromatic N) is 4. The molecule has 0 radical (unpaired) electrons. The summed E-state index contributed by atoms with van der Waals surface area (Å²) in [6.45, 7) is -0.390. The molecule has 40 heavy (non-hydrogen) atoms. The molecule has 0 amide bonds. The summed E-state index contributed by atoms with van der Waals surface area (Å²) >= 11 is 0. The highest BCUT2D eigenvalue weighted by Gasteiger charge is 2.47. The van der Waals surface area contributed by atoms with E-state index in [0.29, 0.717) is 11.2 Å². The minimum Gasteiger partial charge on any atom is -0.394 e. The molecule has 0 bridgehead atoms. The summed E-state index contributed by atoms with van der Waals surface area (Å²) in [6.07, 6.45) is -1.42. The molecule has 0 saturated carbocycles. The number of aliphatic hydroxyl groups excluding tert-OH is 3. The average Bonchev–Trinajstić information content (AvgIpc) is 3.25. The van der Waals surface area contributed by atoms with E-state index < -0.39 is 70.3 Å². The summed E-state index contributed by atoms with van der Waals surface area (Å²) in [4.78, 5) is 70.6. The van der Waals surface area contributed by atoms with Crippen LogP contribution in [0.2, 0.25) is 0 Å². The summed E-state index contributed by atoms with van der Waals surface area (Å²) in [5.74, 6) is 0.218. The first-order valence-corrected chi connectivity index (χ1v) is 17.0. The second kappa shape index (κ2) is 12.6. The average molecular weight is 685 g/mol. The Morgan fingerprint density at radius 3 is 1.70 bits per heavy atom. The van der Waals surface area contributed by atoms with Gasteiger partial charge in [0.1, 0.15) is 30.2 Å². The summed E-state index contributed by atoms with van der Waals surface area (Å²) in [7, 11) is -29.3. The van der Waals surface area contributed by atoms with E-state index in [-0.39, 0.29) is 5.82 Å². The number of phosphoric acid groups is 5. The van der Waals surface area contributed by atoms with Gasteiger partial charge in [0.25, 0.3) is 0 Å². The lowest BCUT2D eigenvalue weighted by molar-refractivity contribution is -0.0511. The van der Waals surface area contributed by atoms with Gasteiger partial charge in [-0.05, 0) is 0 Å². The van der Waals surface area contributed by atoms with Crippen molar-refractivity contribution >= 4 is 56.1 Å². The molecule has 0 aromatic carbocycles. The molecular weight excluding hydrogens is 665 g/mol. The maximum absolute atomic E-state index is 11.0. The normalized spacial score (nSPS) is 26.4. The minimum atomic E-state index is -6.07. The highest BCUT2D eigenvalue weighted by Crippen LogP contribution is 2.72. The first kappa shape index (κ1) is 35.1. The van der Waals surface area contributed by atoms with E-state index >= 15 is 0 Å². The molecule has 25 nitrogen and oxygen atoms in total. The number of imidazole rings is 1. The number of nitrogen functional groups attached to an aromatic ring is 1. The van der Waals surface area contributed by atoms with Crippen LogP contribution in [0.3, 0.4) is 0 Å². The molecule has 1 saturated heterocycles. The fourth-order valence-corrected chi connectivity index (χ4v) is 8.14. The fraction of sp³-hybridized carbons (Fsp3) is 0.500. The Kier molecular flexibility index (Phi) is 11.1. The van der Waals surface area contributed by atoms with Gasteiger partial charge in [0.05, 0.1) is 12.9 Å². The smallest absolute Gasteiger partial charge is 0.394 e. The summed E-state index contributed by atoms with van der Waals surface area (Å²) < 4.78 is 72.5. The molecule has 3 rings (SSSR count). The molecule has 230 valence electrons. The number of aliphatic hydroxyl groups is 3. The molecule has 30 heteroatoms. The second-order valence-electron chi connectivity index (χ2n) is 7.03. The molecule has 1 aliphatic rings. The van der Waals surface area contributed by atoms with Gasteiger partial charge in [0.2, 0.25) is 0 Å². The summed E-state index contributed by atoms with van der Waals surface area (Å²) in [5, 5.41) is 28.7. The molecule has 6 atom stereocenters. The molecule has 2 aromatic rings. The van der Waals surface area contributed by atoms with Crippen molar-refractivity contribution < 1.29 is 94.4 Å². The Morgan fingerprint density at radius 1 is 0.800 bits per heavy atom. The van der Waals surface area contributed by atoms with Crippen molar-refractivity contribution in [2.24, 2.45) is 0 Å². The Labute approximate surface area is 220 Å². The third-order valence-electron chi connectivity index (χ3n) is 4.01. The maximum Gasteiger partial charge on any atom is 0.490 e. The predicted octanol–water partition coefficient (Wildman–Crippen LogP) is -2.44. The van der Waals surface area contributed by atoms with Gasteiger partial charge in [0, 0.05) is 0 Å². The zero-order valence-electron chi connectivity index (χ0n) is 18.8. The van der Waals surface area contributed by atoms with Crippen LogP contribution in [0.15, 0.2) is 12.7 Å². The Hall–Kier alpha value is -1.10. The van der Waals surface area contributed by atoms with Crippen molar-refractivity contribution in [3.8, 4) is 0 Å². The van der Waals surface area contributed by atoms with Crippen LogP contribution in [-0.4, -0.2) is 94.0 Å². The van der Waals surface area contributed by atoms with Gasteiger partial charge in [-0.25, -0.2) is 37.8 Å². The van der Waals surface area contributed by atoms with Gasteiger partial charge in [-0.1, -0.05) is 0 Å². The number of hydrogen-bond donors (Lipinski definition) is 11. The summed E-state index contributed by atoms with van der Waals surface area (Å²) in [5.41, 5.74) is 6.44. The van der Waals surface area contributed by atoms with Crippen LogP contribution in [0.1, 0.15) is 6.23 Å². The van der Waals surface area contributed by atoms with Crippen molar-refractivity contribution in [3.05, 3.63) is 12.7 Å². The molecular formula is C10H20N5O20P5. The molecule has 12 N–H and O–H groups in total. The maximum atomic E-state index is 11.0. The van der Waals surface area contributed by atoms with Crippen molar-refractivity contribution in [2.75, 3.05) is 12.3 Å². The van der Waals surface area contributed by atoms with Crippen molar-refractivity contribution in [1.82, 2.24) is 19.5 Å². The van der Waals surface area contributed by atoms with E-state index in [9.17, 15) is 33.0 Å². The van der Waals surface area contributed by atoms with Gasteiger partial charge in [0.15, 0.2) is 17.7 Å². The first-order valence-electron chi connectivity index (χ1n) is 9.46. The molecule has 1 aliphatic heterocycles. The number of aromatic nitrogens is 4. The quantitative estimate of drug-likeness (QED) is 0.116. The number of nitrogens with two attached hydrogens (primary N) is 1. The van der Waals surface area contributed by atoms with Gasteiger partial charge in [-0.3, -0.25) is 4.57 Å². The first-order chi connectivity index (χ1) is 18.0. The number of fused-ring (bicyclic) bond motifs is 1. The van der Waals surface area contributed by atoms with E-state index in [1.165, 1.54) is 17.2 Å². The van der Waals surface area contributed by atoms with Crippen LogP contribution in [0.4, 0.5) is 5.82 Å². The minimum absolute atomic E-state index is 0.218. The van der Waals surface area contributed by atoms with Gasteiger partial charge < -0.3 is 60.0 Å². The zero-order chi connectivity index (χ0) is 30.9. The third kappa shape index (κ3) is 10.3. The molecule has 0 spiro atoms. The van der Waals surface area contributed by atoms with Gasteiger partial charge in [-0.15, -0.1) is 0 Å². The van der Waals surface area contributed by atoms with Crippen LogP contribution in [0.25, 0.3) is 11.2 Å². The Morgan fingerprint density at radius 2 is 1.27 bits per heavy atom. The molecule has 0 aliphatic carbocycles. The van der Waals surface area contributed by atoms with Gasteiger partial charge >= 0.3 is 39.1 Å². The van der Waals surface area contributed by atoms with Crippen LogP contribution in [0, 0.1) is 0 Å². The van der Waals surface area contributed by atoms with E-state index in [2.05, 4.69) is 32.2 Å². The largest absolute Gasteiger partial charge is 0.490 e. The SMILES string of the molecule is Nc1ncnc2c1ncn2[C@@H]1O[C@H](CO)[C@@H](O)[C@H]1O.O=P(O)(O)OP(=O)(O)OP(=O)(O)OP(=O)(O)OP(=O)(O)O. The third-order valence-corrected chi connectivity index (χ3v) is 10.7. The second-order valence-corrected chi connectivity index (χ2v) is 14.4.